The number of hydrogen-bond acceptors (Lipinski definition) is 0. The van der Waals surface area contributed by atoms with Gasteiger partial charge < -0.3 is 0 Å². The van der Waals surface area contributed by atoms with Crippen LogP contribution in [0, 0.1) is 144 Å². The van der Waals surface area contributed by atoms with Crippen molar-refractivity contribution in [1.29, 1.82) is 0 Å². The maximum absolute atomic E-state index is 9.50. The molecule has 14 rings (SSSR count). The summed E-state index contributed by atoms with van der Waals surface area (Å²) in [6.45, 7) is 55.9. The molecule has 0 aromatic heterocycles. The highest BCUT2D eigenvalue weighted by molar-refractivity contribution is 5.83. The zero-order chi connectivity index (χ0) is 82.1. The van der Waals surface area contributed by atoms with E-state index in [1.165, 1.54) is 191 Å². The first-order valence-electron chi connectivity index (χ1n) is 41.7. The van der Waals surface area contributed by atoms with E-state index in [1.807, 2.05) is 41.5 Å². The molecule has 0 N–H and O–H groups in total. The fraction of sp³-hybridized carbons (Fsp3) is 0.505. The summed E-state index contributed by atoms with van der Waals surface area (Å²) in [6.07, 6.45) is 23.0. The zero-order valence-electron chi connectivity index (χ0n) is 74.5. The van der Waals surface area contributed by atoms with Crippen LogP contribution < -0.4 is 0 Å². The van der Waals surface area contributed by atoms with Crippen LogP contribution in [0.5, 0.6) is 0 Å². The van der Waals surface area contributed by atoms with Crippen molar-refractivity contribution < 1.29 is 13.2 Å². The van der Waals surface area contributed by atoms with Crippen LogP contribution >= 0.6 is 0 Å². The minimum absolute atomic E-state index is 0.500. The fourth-order valence-electron chi connectivity index (χ4n) is 13.6. The van der Waals surface area contributed by atoms with Gasteiger partial charge in [0.15, 0.2) is 0 Å². The van der Waals surface area contributed by atoms with Crippen LogP contribution in [0.25, 0.3) is 10.8 Å². The number of fused-ring (bicyclic) bond motifs is 4. The molecular formula is C105H159F3. The first kappa shape index (κ1) is 103. The van der Waals surface area contributed by atoms with Crippen LogP contribution in [-0.4, -0.2) is 21.5 Å². The Balaban J connectivity index is 0. The summed E-state index contributed by atoms with van der Waals surface area (Å²) >= 11 is 0. The van der Waals surface area contributed by atoms with Gasteiger partial charge in [0.05, 0.1) is 21.5 Å². The Morgan fingerprint density at radius 2 is 0.380 bits per heavy atom. The Morgan fingerprint density at radius 1 is 0.194 bits per heavy atom. The minimum atomic E-state index is 0.500. The van der Waals surface area contributed by atoms with E-state index in [2.05, 4.69) is 333 Å². The molecule has 0 radical (unpaired) electrons. The van der Waals surface area contributed by atoms with E-state index in [0.717, 1.165) is 47.3 Å². The molecule has 600 valence electrons. The number of rotatable bonds is 0. The van der Waals surface area contributed by atoms with Gasteiger partial charge in [0.2, 0.25) is 0 Å². The summed E-state index contributed by atoms with van der Waals surface area (Å²) in [7, 11) is 1.50. The van der Waals surface area contributed by atoms with Crippen molar-refractivity contribution in [3.05, 3.63) is 294 Å². The van der Waals surface area contributed by atoms with E-state index in [1.54, 1.807) is 22.3 Å². The molecule has 3 heteroatoms. The predicted octanol–water partition coefficient (Wildman–Crippen LogP) is 32.7. The zero-order valence-corrected chi connectivity index (χ0v) is 74.5. The van der Waals surface area contributed by atoms with E-state index in [0.29, 0.717) is 21.5 Å². The molecule has 0 saturated heterocycles. The molecule has 3 fully saturated rings. The van der Waals surface area contributed by atoms with Crippen LogP contribution in [0.2, 0.25) is 0 Å². The molecule has 3 saturated carbocycles. The lowest BCUT2D eigenvalue weighted by atomic mass is 9.65. The third-order valence-electron chi connectivity index (χ3n) is 20.4. The molecule has 9 aromatic carbocycles. The van der Waals surface area contributed by atoms with Crippen molar-refractivity contribution in [2.75, 3.05) is 21.5 Å². The van der Waals surface area contributed by atoms with Crippen LogP contribution in [0.3, 0.4) is 0 Å². The molecule has 0 amide bonds. The van der Waals surface area contributed by atoms with Crippen molar-refractivity contribution >= 4 is 10.8 Å². The average Bonchev–Trinajstić information content (AvgIpc) is 0.857. The lowest BCUT2D eigenvalue weighted by Crippen LogP contribution is -2.29. The number of aryl methyl sites for hydroxylation is 16. The second-order valence-corrected chi connectivity index (χ2v) is 31.1. The van der Waals surface area contributed by atoms with Crippen molar-refractivity contribution in [1.82, 2.24) is 0 Å². The molecule has 0 spiro atoms. The van der Waals surface area contributed by atoms with Crippen molar-refractivity contribution in [3.63, 3.8) is 0 Å². The lowest BCUT2D eigenvalue weighted by Gasteiger charge is -2.40. The summed E-state index contributed by atoms with van der Waals surface area (Å²) in [5.41, 5.74) is 25.1. The standard InChI is InChI=1S/C12H22.2C12H16.C12H12.C8H16.5C8H10.3C2H6.3CH3F/c4*1-9-3-5-12-8-10(2)4-6-11(12)7-9;6*1-7-3-5-8(2)6-4-7;6*1-2/h9-12H,3-8H2,1-2H3;2*3,5,7,10H,4,6,8H2,1-2H3;3-8H,1-2H3;7-8H,3-6H2,1-2H3;5*3-6H,1-2H3;3*1-2H3;3*1H3. The molecule has 0 heterocycles. The molecule has 5 aliphatic carbocycles. The number of hydrogen-bond donors (Lipinski definition) is 0. The molecule has 5 aliphatic rings. The van der Waals surface area contributed by atoms with Gasteiger partial charge in [0.1, 0.15) is 0 Å². The van der Waals surface area contributed by atoms with Gasteiger partial charge in [0, 0.05) is 0 Å². The van der Waals surface area contributed by atoms with Crippen LogP contribution in [0.4, 0.5) is 13.2 Å². The van der Waals surface area contributed by atoms with Gasteiger partial charge in [-0.05, 0) is 242 Å². The van der Waals surface area contributed by atoms with E-state index >= 15 is 0 Å². The predicted molar refractivity (Wildman–Crippen MR) is 483 cm³/mol. The monoisotopic (exact) mass is 1480 g/mol. The molecule has 108 heavy (non-hydrogen) atoms. The van der Waals surface area contributed by atoms with Gasteiger partial charge in [-0.1, -0.05) is 394 Å². The third kappa shape index (κ3) is 47.8. The molecule has 0 aliphatic heterocycles. The maximum atomic E-state index is 9.50. The smallest absolute Gasteiger partial charge is 0.0785 e. The van der Waals surface area contributed by atoms with Gasteiger partial charge in [-0.25, -0.2) is 0 Å². The van der Waals surface area contributed by atoms with Crippen LogP contribution in [-0.2, 0) is 25.7 Å². The Bertz CT molecular complexity index is 3080. The topological polar surface area (TPSA) is 0 Å². The van der Waals surface area contributed by atoms with Gasteiger partial charge in [-0.3, -0.25) is 13.2 Å². The number of benzene rings is 9. The van der Waals surface area contributed by atoms with Crippen LogP contribution in [0.15, 0.2) is 194 Å². The van der Waals surface area contributed by atoms with Gasteiger partial charge in [0.25, 0.3) is 0 Å². The Labute approximate surface area is 665 Å². The van der Waals surface area contributed by atoms with Gasteiger partial charge in [-0.15, -0.1) is 0 Å². The first-order chi connectivity index (χ1) is 51.7. The molecule has 6 atom stereocenters. The summed E-state index contributed by atoms with van der Waals surface area (Å²) in [5, 5.41) is 2.67. The quantitative estimate of drug-likeness (QED) is 0.142. The van der Waals surface area contributed by atoms with Crippen molar-refractivity contribution in [2.45, 2.75) is 283 Å². The van der Waals surface area contributed by atoms with E-state index in [9.17, 15) is 13.2 Å². The Hall–Kier alpha value is -6.97. The highest BCUT2D eigenvalue weighted by Crippen LogP contribution is 2.44. The highest BCUT2D eigenvalue weighted by Gasteiger charge is 2.32. The molecule has 6 unspecified atom stereocenters. The third-order valence-corrected chi connectivity index (χ3v) is 20.4. The highest BCUT2D eigenvalue weighted by atomic mass is 19.1. The summed E-state index contributed by atoms with van der Waals surface area (Å²) in [4.78, 5) is 0. The Kier molecular flexibility index (Phi) is 59.9. The summed E-state index contributed by atoms with van der Waals surface area (Å²) in [6, 6.07) is 69.3. The van der Waals surface area contributed by atoms with E-state index in [-0.39, 0.29) is 0 Å². The molecule has 0 nitrogen and oxygen atoms in total. The average molecular weight is 1480 g/mol. The first-order valence-corrected chi connectivity index (χ1v) is 41.7. The molecule has 0 bridgehead atoms. The maximum Gasteiger partial charge on any atom is 0.0785 e. The molecular weight excluding hydrogens is 1320 g/mol. The fourth-order valence-corrected chi connectivity index (χ4v) is 13.6. The van der Waals surface area contributed by atoms with Crippen molar-refractivity contribution in [3.8, 4) is 0 Å². The van der Waals surface area contributed by atoms with E-state index < -0.39 is 0 Å². The normalized spacial score (nSPS) is 18.1. The number of alkyl halides is 3. The second-order valence-electron chi connectivity index (χ2n) is 31.1. The molecule has 9 aromatic rings. The minimum Gasteiger partial charge on any atom is -0.255 e. The lowest BCUT2D eigenvalue weighted by molar-refractivity contribution is 0.109. The summed E-state index contributed by atoms with van der Waals surface area (Å²) < 4.78 is 28.5. The van der Waals surface area contributed by atoms with Gasteiger partial charge >= 0.3 is 0 Å². The Morgan fingerprint density at radius 3 is 0.602 bits per heavy atom. The van der Waals surface area contributed by atoms with E-state index in [4.69, 9.17) is 0 Å². The summed E-state index contributed by atoms with van der Waals surface area (Å²) in [5.74, 6) is 8.10. The number of halogens is 3. The SMILES string of the molecule is CC.CC.CC.CC1CCC(C)CC1.CC1CCC2CC(C)CCC2C1.CF.CF.CF.Cc1ccc(C)cc1.Cc1ccc(C)cc1.Cc1ccc(C)cc1.Cc1ccc(C)cc1.Cc1ccc(C)cc1.Cc1ccc2c(c1)CCC(C)C2.Cc1ccc2c(c1)CCC(C)C2.Cc1ccc2cc(C)ccc2c1. The largest absolute Gasteiger partial charge is 0.255 e. The van der Waals surface area contributed by atoms with Crippen LogP contribution in [0.1, 0.15) is 260 Å². The van der Waals surface area contributed by atoms with Gasteiger partial charge in [-0.2, -0.15) is 0 Å². The van der Waals surface area contributed by atoms with Crippen molar-refractivity contribution in [2.24, 2.45) is 47.3 Å². The second kappa shape index (κ2) is 62.8.